The van der Waals surface area contributed by atoms with Gasteiger partial charge in [0.2, 0.25) is 0 Å². The van der Waals surface area contributed by atoms with E-state index in [1.54, 1.807) is 0 Å². The quantitative estimate of drug-likeness (QED) is 0.0415. The summed E-state index contributed by atoms with van der Waals surface area (Å²) in [4.78, 5) is 5.25. The van der Waals surface area contributed by atoms with Crippen LogP contribution in [0.2, 0.25) is 0 Å². The third kappa shape index (κ3) is 19.1. The van der Waals surface area contributed by atoms with Gasteiger partial charge in [0.05, 0.1) is 0 Å². The monoisotopic (exact) mass is 1610 g/mol. The van der Waals surface area contributed by atoms with Gasteiger partial charge >= 0.3 is 0 Å². The molecule has 0 aliphatic heterocycles. The lowest BCUT2D eigenvalue weighted by Gasteiger charge is -2.33. The van der Waals surface area contributed by atoms with Crippen LogP contribution < -0.4 is 9.80 Å². The molecule has 0 atom stereocenters. The molecule has 1 saturated carbocycles. The first-order chi connectivity index (χ1) is 60.0. The molecule has 0 unspecified atom stereocenters. The number of hydrogen-bond donors (Lipinski definition) is 0. The number of benzene rings is 14. The molecule has 14 aromatic rings. The molecule has 0 aromatic heterocycles. The summed E-state index contributed by atoms with van der Waals surface area (Å²) in [6, 6.07) is 109. The van der Waals surface area contributed by atoms with Gasteiger partial charge in [-0.1, -0.05) is 293 Å². The third-order valence-electron chi connectivity index (χ3n) is 27.1. The number of anilines is 6. The zero-order valence-corrected chi connectivity index (χ0v) is 76.9. The lowest BCUT2D eigenvalue weighted by atomic mass is 9.73. The van der Waals surface area contributed by atoms with E-state index in [-0.39, 0.29) is 5.41 Å². The molecule has 0 radical (unpaired) electrons. The van der Waals surface area contributed by atoms with Crippen molar-refractivity contribution >= 4 is 34.1 Å². The predicted octanol–water partition coefficient (Wildman–Crippen LogP) is 33.8. The summed E-state index contributed by atoms with van der Waals surface area (Å²) >= 11 is 0. The second-order valence-corrected chi connectivity index (χ2v) is 35.1. The fourth-order valence-electron chi connectivity index (χ4n) is 19.5. The van der Waals surface area contributed by atoms with Gasteiger partial charge in [0.1, 0.15) is 0 Å². The Labute approximate surface area is 739 Å². The van der Waals surface area contributed by atoms with E-state index in [1.165, 1.54) is 189 Å². The summed E-state index contributed by atoms with van der Waals surface area (Å²) in [7, 11) is 0. The molecule has 1 aliphatic carbocycles. The van der Waals surface area contributed by atoms with Crippen molar-refractivity contribution in [1.82, 2.24) is 0 Å². The van der Waals surface area contributed by atoms with Gasteiger partial charge in [-0.2, -0.15) is 0 Å². The zero-order valence-electron chi connectivity index (χ0n) is 76.9. The molecule has 0 heterocycles. The molecule has 123 heavy (non-hydrogen) atoms. The molecule has 0 bridgehead atoms. The largest absolute Gasteiger partial charge is 0.310 e. The molecular formula is C121H132N2. The van der Waals surface area contributed by atoms with Crippen LogP contribution in [0.4, 0.5) is 34.1 Å². The van der Waals surface area contributed by atoms with Gasteiger partial charge < -0.3 is 9.80 Å². The van der Waals surface area contributed by atoms with Gasteiger partial charge in [-0.25, -0.2) is 0 Å². The van der Waals surface area contributed by atoms with Gasteiger partial charge in [-0.05, 0) is 402 Å². The van der Waals surface area contributed by atoms with Crippen molar-refractivity contribution in [2.24, 2.45) is 0 Å². The Morgan fingerprint density at radius 2 is 0.285 bits per heavy atom. The summed E-state index contributed by atoms with van der Waals surface area (Å²) < 4.78 is 0. The number of hydrogen-bond acceptors (Lipinski definition) is 2. The summed E-state index contributed by atoms with van der Waals surface area (Å²) in [5.41, 5.74) is 51.1. The van der Waals surface area contributed by atoms with Crippen LogP contribution in [0.25, 0.3) is 89.0 Å². The summed E-state index contributed by atoms with van der Waals surface area (Å²) in [5, 5.41) is 0. The Morgan fingerprint density at radius 3 is 0.415 bits per heavy atom. The first-order valence-electron chi connectivity index (χ1n) is 47.4. The second kappa shape index (κ2) is 39.0. The Kier molecular flexibility index (Phi) is 27.5. The highest BCUT2D eigenvalue weighted by Crippen LogP contribution is 2.52. The van der Waals surface area contributed by atoms with Gasteiger partial charge in [0, 0.05) is 39.5 Å². The smallest absolute Gasteiger partial charge is 0.0473 e. The predicted molar refractivity (Wildman–Crippen MR) is 535 cm³/mol. The molecule has 14 aromatic carbocycles. The minimum absolute atomic E-state index is 0.233. The Hall–Kier alpha value is -11.3. The summed E-state index contributed by atoms with van der Waals surface area (Å²) in [5.74, 6) is 0. The van der Waals surface area contributed by atoms with Crippen molar-refractivity contribution in [2.45, 2.75) is 245 Å². The molecular weight excluding hydrogens is 1480 g/mol. The highest BCUT2D eigenvalue weighted by molar-refractivity contribution is 5.92. The zero-order chi connectivity index (χ0) is 86.0. The maximum atomic E-state index is 2.62. The van der Waals surface area contributed by atoms with Crippen LogP contribution in [0.15, 0.2) is 267 Å². The van der Waals surface area contributed by atoms with Gasteiger partial charge in [-0.3, -0.25) is 0 Å². The van der Waals surface area contributed by atoms with Crippen LogP contribution in [0.3, 0.4) is 0 Å². The fraction of sp³-hybridized carbons (Fsp3) is 0.306. The normalized spacial score (nSPS) is 12.5. The third-order valence-corrected chi connectivity index (χ3v) is 27.1. The van der Waals surface area contributed by atoms with Crippen LogP contribution in [-0.4, -0.2) is 0 Å². The van der Waals surface area contributed by atoms with Crippen molar-refractivity contribution in [3.63, 3.8) is 0 Å². The van der Waals surface area contributed by atoms with E-state index in [2.05, 4.69) is 387 Å². The minimum atomic E-state index is -0.233. The minimum Gasteiger partial charge on any atom is -0.310 e. The Morgan fingerprint density at radius 1 is 0.154 bits per heavy atom. The van der Waals surface area contributed by atoms with E-state index in [0.717, 1.165) is 163 Å². The molecule has 2 nitrogen and oxygen atoms in total. The van der Waals surface area contributed by atoms with Crippen molar-refractivity contribution < 1.29 is 0 Å². The summed E-state index contributed by atoms with van der Waals surface area (Å²) in [6.07, 6.45) is 20.0. The molecule has 2 heteroatoms. The van der Waals surface area contributed by atoms with Crippen LogP contribution in [0, 0.1) is 0 Å². The SMILES string of the molecule is CCc1cc(CC)cc(-c2cc(-c3cc(CC)cc(CC)c3)cc(N(c3ccc(C4(c5ccc(N(c6cc(-c7cc(CC)cc(CC)c7)cc(-c7cc(CC)cc(CC)c7)c6)c6cc(-c7cc(CC)cc(CC)c7)cc(-c7cc(CC)cc(CC)c7)c6)cc5)CCCC4)cc3)c3cc(-c4cc(CC)cc(CC)c4)cc(-c4cc(CC)cc(CC)c4)c3)c2)c1. The van der Waals surface area contributed by atoms with E-state index in [4.69, 9.17) is 0 Å². The molecule has 15 rings (SSSR count). The topological polar surface area (TPSA) is 6.48 Å². The van der Waals surface area contributed by atoms with Gasteiger partial charge in [0.25, 0.3) is 0 Å². The van der Waals surface area contributed by atoms with Gasteiger partial charge in [0.15, 0.2) is 0 Å². The number of rotatable bonds is 32. The maximum Gasteiger partial charge on any atom is 0.0473 e. The lowest BCUT2D eigenvalue weighted by Crippen LogP contribution is -2.24. The lowest BCUT2D eigenvalue weighted by molar-refractivity contribution is 0.535. The first kappa shape index (κ1) is 86.6. The van der Waals surface area contributed by atoms with E-state index < -0.39 is 0 Å². The highest BCUT2D eigenvalue weighted by Gasteiger charge is 2.38. The van der Waals surface area contributed by atoms with Crippen LogP contribution in [0.1, 0.15) is 237 Å². The Bertz CT molecular complexity index is 4930. The average molecular weight is 1610 g/mol. The van der Waals surface area contributed by atoms with E-state index in [1.807, 2.05) is 0 Å². The summed E-state index contributed by atoms with van der Waals surface area (Å²) in [6.45, 7) is 36.8. The Balaban J connectivity index is 0.953. The number of aryl methyl sites for hydroxylation is 16. The van der Waals surface area contributed by atoms with Crippen LogP contribution in [0.5, 0.6) is 0 Å². The van der Waals surface area contributed by atoms with E-state index in [0.29, 0.717) is 0 Å². The molecule has 0 saturated heterocycles. The van der Waals surface area contributed by atoms with Crippen LogP contribution >= 0.6 is 0 Å². The molecule has 0 spiro atoms. The average Bonchev–Trinajstić information content (AvgIpc) is 1.74. The van der Waals surface area contributed by atoms with Crippen molar-refractivity contribution in [3.8, 4) is 89.0 Å². The van der Waals surface area contributed by atoms with E-state index in [9.17, 15) is 0 Å². The maximum absolute atomic E-state index is 2.62. The molecule has 626 valence electrons. The van der Waals surface area contributed by atoms with Crippen molar-refractivity contribution in [1.29, 1.82) is 0 Å². The first-order valence-corrected chi connectivity index (χ1v) is 47.4. The van der Waals surface area contributed by atoms with Crippen molar-refractivity contribution in [3.05, 3.63) is 367 Å². The number of nitrogens with zero attached hydrogens (tertiary/aromatic N) is 2. The van der Waals surface area contributed by atoms with Gasteiger partial charge in [-0.15, -0.1) is 0 Å². The molecule has 0 amide bonds. The highest BCUT2D eigenvalue weighted by atomic mass is 15.1. The standard InChI is InChI=1S/C121H132N2/c1-17-81-45-82(18-2)54-97(53-81)105-69-106(98-55-83(19-3)46-84(20-4)56-98)74-117(73-105)122(118-75-107(99-57-85(21-5)47-86(22-6)58-99)70-108(76-118)100-59-87(23-7)48-88(24-8)60-100)115-39-35-113(36-40-115)121(43-33-34-44-121)114-37-41-116(42-38-114)123(119-77-109(101-61-89(25-9)49-90(26-10)62-101)71-110(78-119)102-63-91(27-11)50-92(28-12)64-102)120-79-111(103-65-93(29-13)51-94(30-14)66-103)72-112(80-120)104-67-95(31-15)52-96(32-16)68-104/h35-42,45-80H,17-34,43-44H2,1-16H3. The second-order valence-electron chi connectivity index (χ2n) is 35.1. The molecule has 1 aliphatic rings. The van der Waals surface area contributed by atoms with Crippen LogP contribution in [-0.2, 0) is 108 Å². The fourth-order valence-corrected chi connectivity index (χ4v) is 19.5. The van der Waals surface area contributed by atoms with E-state index >= 15 is 0 Å². The molecule has 0 N–H and O–H groups in total. The molecule has 1 fully saturated rings. The van der Waals surface area contributed by atoms with Crippen molar-refractivity contribution in [2.75, 3.05) is 9.80 Å².